The fraction of sp³-hybridized carbons (Fsp3) is 0.364. The number of amides is 1. The number of aliphatic hydroxyl groups is 1. The lowest BCUT2D eigenvalue weighted by Crippen LogP contribution is -2.40. The van der Waals surface area contributed by atoms with Crippen LogP contribution >= 0.6 is 0 Å². The van der Waals surface area contributed by atoms with Gasteiger partial charge in [0.05, 0.1) is 17.9 Å². The van der Waals surface area contributed by atoms with E-state index in [2.05, 4.69) is 4.98 Å². The molecule has 1 amide bonds. The lowest BCUT2D eigenvalue weighted by atomic mass is 10.2. The molecule has 2 N–H and O–H groups in total. The summed E-state index contributed by atoms with van der Waals surface area (Å²) in [6.07, 6.45) is 1.21. The highest BCUT2D eigenvalue weighted by atomic mass is 19.1. The molecule has 1 unspecified atom stereocenters. The minimum absolute atomic E-state index is 0.0240. The quantitative estimate of drug-likeness (QED) is 0.767. The van der Waals surface area contributed by atoms with Crippen LogP contribution in [0.3, 0.4) is 0 Å². The van der Waals surface area contributed by atoms with Gasteiger partial charge < -0.3 is 15.1 Å². The number of hydrogen-bond donors (Lipinski definition) is 2. The Hall–Kier alpha value is -2.02. The third-order valence-electron chi connectivity index (χ3n) is 2.78. The monoisotopic (exact) mass is 254 g/mol. The van der Waals surface area contributed by atoms with Gasteiger partial charge in [0.1, 0.15) is 11.9 Å². The Morgan fingerprint density at radius 1 is 1.44 bits per heavy atom. The number of likely N-dealkylation sites (tertiary alicyclic amines) is 1. The second-order valence-corrected chi connectivity index (χ2v) is 4.09. The maximum absolute atomic E-state index is 12.9. The number of rotatable bonds is 2. The molecule has 0 aliphatic carbocycles. The lowest BCUT2D eigenvalue weighted by molar-refractivity contribution is -0.141. The topological polar surface area (TPSA) is 90.7 Å². The molecule has 0 spiro atoms. The summed E-state index contributed by atoms with van der Waals surface area (Å²) in [5.74, 6) is -2.51. The molecule has 0 bridgehead atoms. The summed E-state index contributed by atoms with van der Waals surface area (Å²) in [5, 5.41) is 18.4. The highest BCUT2D eigenvalue weighted by molar-refractivity contribution is 5.96. The normalized spacial score (nSPS) is 23.1. The molecule has 1 aliphatic heterocycles. The van der Waals surface area contributed by atoms with Gasteiger partial charge in [-0.05, 0) is 6.07 Å². The van der Waals surface area contributed by atoms with E-state index >= 15 is 0 Å². The van der Waals surface area contributed by atoms with Crippen molar-refractivity contribution in [3.05, 3.63) is 29.8 Å². The van der Waals surface area contributed by atoms with Crippen LogP contribution in [0.15, 0.2) is 18.5 Å². The van der Waals surface area contributed by atoms with Crippen LogP contribution in [-0.2, 0) is 4.79 Å². The number of nitrogens with zero attached hydrogens (tertiary/aromatic N) is 2. The zero-order valence-electron chi connectivity index (χ0n) is 9.28. The molecule has 1 aromatic rings. The number of hydrogen-bond acceptors (Lipinski definition) is 4. The zero-order chi connectivity index (χ0) is 13.3. The first kappa shape index (κ1) is 12.4. The fourth-order valence-corrected chi connectivity index (χ4v) is 1.97. The minimum Gasteiger partial charge on any atom is -0.480 e. The van der Waals surface area contributed by atoms with Gasteiger partial charge in [-0.25, -0.2) is 9.18 Å². The number of carbonyl (C=O) groups is 2. The maximum Gasteiger partial charge on any atom is 0.326 e. The van der Waals surface area contributed by atoms with E-state index in [0.29, 0.717) is 0 Å². The summed E-state index contributed by atoms with van der Waals surface area (Å²) in [6.45, 7) is -0.0771. The van der Waals surface area contributed by atoms with Crippen molar-refractivity contribution in [3.63, 3.8) is 0 Å². The molecule has 2 rings (SSSR count). The van der Waals surface area contributed by atoms with Crippen LogP contribution in [0.2, 0.25) is 0 Å². The van der Waals surface area contributed by atoms with Crippen LogP contribution in [0, 0.1) is 5.82 Å². The van der Waals surface area contributed by atoms with Gasteiger partial charge >= 0.3 is 5.97 Å². The van der Waals surface area contributed by atoms with E-state index in [9.17, 15) is 19.1 Å². The number of carboxylic acids is 1. The molecule has 18 heavy (non-hydrogen) atoms. The van der Waals surface area contributed by atoms with Gasteiger partial charge in [-0.15, -0.1) is 0 Å². The maximum atomic E-state index is 12.9. The Morgan fingerprint density at radius 3 is 2.78 bits per heavy atom. The Morgan fingerprint density at radius 2 is 2.17 bits per heavy atom. The van der Waals surface area contributed by atoms with E-state index in [-0.39, 0.29) is 18.5 Å². The second kappa shape index (κ2) is 4.69. The van der Waals surface area contributed by atoms with E-state index in [4.69, 9.17) is 5.11 Å². The van der Waals surface area contributed by atoms with Crippen molar-refractivity contribution in [2.24, 2.45) is 0 Å². The van der Waals surface area contributed by atoms with Crippen molar-refractivity contribution in [3.8, 4) is 0 Å². The third-order valence-corrected chi connectivity index (χ3v) is 2.78. The standard InChI is InChI=1S/C11H11FN2O4/c12-7-1-6(3-13-4-7)10(16)14-5-8(15)2-9(14)11(17)18/h1,3-4,8-9,15H,2,5H2,(H,17,18)/t8?,9-/m0/s1. The Kier molecular flexibility index (Phi) is 3.24. The molecule has 96 valence electrons. The van der Waals surface area contributed by atoms with Crippen molar-refractivity contribution in [2.45, 2.75) is 18.6 Å². The van der Waals surface area contributed by atoms with Gasteiger partial charge in [0, 0.05) is 19.2 Å². The molecule has 2 heterocycles. The molecule has 7 heteroatoms. The van der Waals surface area contributed by atoms with Crippen molar-refractivity contribution in [1.29, 1.82) is 0 Å². The summed E-state index contributed by atoms with van der Waals surface area (Å²) in [6, 6.07) is -0.102. The Labute approximate surface area is 102 Å². The van der Waals surface area contributed by atoms with E-state index in [1.54, 1.807) is 0 Å². The van der Waals surface area contributed by atoms with Crippen LogP contribution < -0.4 is 0 Å². The van der Waals surface area contributed by atoms with Gasteiger partial charge in [0.2, 0.25) is 0 Å². The number of aromatic nitrogens is 1. The average Bonchev–Trinajstić information content (AvgIpc) is 2.70. The number of pyridine rings is 1. The molecule has 1 aliphatic rings. The molecule has 1 fully saturated rings. The van der Waals surface area contributed by atoms with Crippen molar-refractivity contribution >= 4 is 11.9 Å². The average molecular weight is 254 g/mol. The molecule has 1 saturated heterocycles. The van der Waals surface area contributed by atoms with E-state index in [1.807, 2.05) is 0 Å². The second-order valence-electron chi connectivity index (χ2n) is 4.09. The predicted octanol–water partition coefficient (Wildman–Crippen LogP) is -0.119. The zero-order valence-corrected chi connectivity index (χ0v) is 9.28. The summed E-state index contributed by atoms with van der Waals surface area (Å²) in [7, 11) is 0. The van der Waals surface area contributed by atoms with Gasteiger partial charge in [-0.1, -0.05) is 0 Å². The fourth-order valence-electron chi connectivity index (χ4n) is 1.97. The largest absolute Gasteiger partial charge is 0.480 e. The number of halogens is 1. The van der Waals surface area contributed by atoms with Crippen LogP contribution in [0.25, 0.3) is 0 Å². The molecular formula is C11H11FN2O4. The molecular weight excluding hydrogens is 243 g/mol. The van der Waals surface area contributed by atoms with Crippen LogP contribution in [0.4, 0.5) is 4.39 Å². The van der Waals surface area contributed by atoms with Crippen molar-refractivity contribution in [2.75, 3.05) is 6.54 Å². The molecule has 1 aromatic heterocycles. The van der Waals surface area contributed by atoms with Gasteiger partial charge in [-0.2, -0.15) is 0 Å². The highest BCUT2D eigenvalue weighted by Crippen LogP contribution is 2.20. The van der Waals surface area contributed by atoms with E-state index in [1.165, 1.54) is 0 Å². The van der Waals surface area contributed by atoms with Gasteiger partial charge in [0.25, 0.3) is 5.91 Å². The highest BCUT2D eigenvalue weighted by Gasteiger charge is 2.39. The third kappa shape index (κ3) is 2.30. The first-order valence-corrected chi connectivity index (χ1v) is 5.31. The molecule has 2 atom stereocenters. The lowest BCUT2D eigenvalue weighted by Gasteiger charge is -2.20. The molecule has 0 aromatic carbocycles. The Bertz CT molecular complexity index is 494. The van der Waals surface area contributed by atoms with E-state index in [0.717, 1.165) is 23.4 Å². The molecule has 0 saturated carbocycles. The summed E-state index contributed by atoms with van der Waals surface area (Å²) in [4.78, 5) is 27.5. The van der Waals surface area contributed by atoms with Crippen LogP contribution in [-0.4, -0.2) is 50.7 Å². The van der Waals surface area contributed by atoms with Gasteiger partial charge in [0.15, 0.2) is 0 Å². The number of β-amino-alcohol motifs (C(OH)–C–C–N with tert-alkyl or cyclic N) is 1. The molecule has 6 nitrogen and oxygen atoms in total. The number of carbonyl (C=O) groups excluding carboxylic acids is 1. The smallest absolute Gasteiger partial charge is 0.326 e. The first-order valence-electron chi connectivity index (χ1n) is 5.31. The number of aliphatic carboxylic acids is 1. The van der Waals surface area contributed by atoms with Crippen LogP contribution in [0.1, 0.15) is 16.8 Å². The number of aliphatic hydroxyl groups excluding tert-OH is 1. The van der Waals surface area contributed by atoms with Crippen molar-refractivity contribution < 1.29 is 24.2 Å². The predicted molar refractivity (Wildman–Crippen MR) is 57.3 cm³/mol. The number of carboxylic acid groups (broad SMARTS) is 1. The summed E-state index contributed by atoms with van der Waals surface area (Å²) >= 11 is 0. The minimum atomic E-state index is -1.19. The Balaban J connectivity index is 2.25. The van der Waals surface area contributed by atoms with Gasteiger partial charge in [-0.3, -0.25) is 9.78 Å². The first-order chi connectivity index (χ1) is 8.49. The summed E-state index contributed by atoms with van der Waals surface area (Å²) < 4.78 is 12.9. The van der Waals surface area contributed by atoms with E-state index < -0.39 is 29.8 Å². The SMILES string of the molecule is O=C(O)[C@@H]1CC(O)CN1C(=O)c1cncc(F)c1. The van der Waals surface area contributed by atoms with Crippen molar-refractivity contribution in [1.82, 2.24) is 9.88 Å². The molecule has 0 radical (unpaired) electrons. The summed E-state index contributed by atoms with van der Waals surface area (Å²) in [5.41, 5.74) is -0.0321. The van der Waals surface area contributed by atoms with Crippen LogP contribution in [0.5, 0.6) is 0 Å².